The molecular weight excluding hydrogens is 368 g/mol. The molecule has 0 unspecified atom stereocenters. The van der Waals surface area contributed by atoms with Gasteiger partial charge in [-0.15, -0.1) is 0 Å². The minimum atomic E-state index is -0.610. The van der Waals surface area contributed by atoms with Crippen molar-refractivity contribution >= 4 is 27.6 Å². The minimum Gasteiger partial charge on any atom is -0.504 e. The van der Waals surface area contributed by atoms with Crippen LogP contribution in [0.15, 0.2) is 52.4 Å². The summed E-state index contributed by atoms with van der Waals surface area (Å²) in [6.45, 7) is 0. The summed E-state index contributed by atoms with van der Waals surface area (Å²) in [6, 6.07) is 3.60. The smallest absolute Gasteiger partial charge is 0.272 e. The number of ether oxygens (including phenoxy) is 1. The molecule has 7 nitrogen and oxygen atoms in total. The van der Waals surface area contributed by atoms with Crippen molar-refractivity contribution in [3.05, 3.63) is 57.9 Å². The number of nitrogens with two attached hydrogens (primary N) is 1. The number of carbonyl (C=O) groups excluding carboxylic acids is 2. The number of phenols is 2. The molecule has 0 saturated carbocycles. The van der Waals surface area contributed by atoms with E-state index < -0.39 is 11.7 Å². The van der Waals surface area contributed by atoms with Gasteiger partial charge in [-0.1, -0.05) is 0 Å². The third-order valence-electron chi connectivity index (χ3n) is 3.00. The van der Waals surface area contributed by atoms with E-state index in [0.29, 0.717) is 5.57 Å². The number of ketones is 1. The van der Waals surface area contributed by atoms with Gasteiger partial charge in [-0.25, -0.2) is 5.84 Å². The maximum absolute atomic E-state index is 12.2. The van der Waals surface area contributed by atoms with Crippen LogP contribution >= 0.6 is 15.9 Å². The van der Waals surface area contributed by atoms with Crippen LogP contribution in [0.1, 0.15) is 10.4 Å². The molecule has 4 N–H and O–H groups in total. The van der Waals surface area contributed by atoms with E-state index >= 15 is 0 Å². The van der Waals surface area contributed by atoms with Crippen LogP contribution in [0.25, 0.3) is 0 Å². The van der Waals surface area contributed by atoms with Gasteiger partial charge in [-0.05, 0) is 51.9 Å². The number of hydrogen-bond acceptors (Lipinski definition) is 6. The molecule has 0 aromatic heterocycles. The van der Waals surface area contributed by atoms with Gasteiger partial charge in [0.25, 0.3) is 5.91 Å². The number of methoxy groups -OCH3 is 1. The molecule has 0 heterocycles. The first-order chi connectivity index (χ1) is 10.8. The molecule has 0 radical (unpaired) electrons. The Kier molecular flexibility index (Phi) is 4.87. The molecule has 8 heteroatoms. The number of aromatic hydroxyl groups is 2. The van der Waals surface area contributed by atoms with Crippen molar-refractivity contribution < 1.29 is 24.5 Å². The Labute approximate surface area is 140 Å². The highest BCUT2D eigenvalue weighted by molar-refractivity contribution is 9.12. The topological polar surface area (TPSA) is 113 Å². The summed E-state index contributed by atoms with van der Waals surface area (Å²) in [5.74, 6) is 4.11. The van der Waals surface area contributed by atoms with E-state index in [1.165, 1.54) is 37.6 Å². The number of halogens is 1. The quantitative estimate of drug-likeness (QED) is 0.318. The zero-order valence-electron chi connectivity index (χ0n) is 12.0. The summed E-state index contributed by atoms with van der Waals surface area (Å²) in [5, 5.41) is 19.5. The number of benzene rings is 1. The second-order valence-corrected chi connectivity index (χ2v) is 5.43. The number of carbonyl (C=O) groups is 2. The van der Waals surface area contributed by atoms with Gasteiger partial charge in [0.15, 0.2) is 17.3 Å². The number of Topliss-reactive ketones (excluding diaryl/α,β-unsaturated/α-hetero) is 1. The first-order valence-electron chi connectivity index (χ1n) is 6.33. The lowest BCUT2D eigenvalue weighted by Gasteiger charge is -2.15. The maximum atomic E-state index is 12.2. The molecule has 0 atom stereocenters. The molecule has 0 aliphatic heterocycles. The van der Waals surface area contributed by atoms with Gasteiger partial charge >= 0.3 is 0 Å². The molecule has 0 saturated heterocycles. The summed E-state index contributed by atoms with van der Waals surface area (Å²) in [4.78, 5) is 23.9. The Morgan fingerprint density at radius 3 is 2.61 bits per heavy atom. The van der Waals surface area contributed by atoms with Crippen LogP contribution in [-0.4, -0.2) is 34.0 Å². The highest BCUT2D eigenvalue weighted by Crippen LogP contribution is 2.26. The average molecular weight is 381 g/mol. The van der Waals surface area contributed by atoms with Crippen molar-refractivity contribution in [2.24, 2.45) is 5.84 Å². The van der Waals surface area contributed by atoms with Crippen molar-refractivity contribution in [2.45, 2.75) is 0 Å². The highest BCUT2D eigenvalue weighted by Gasteiger charge is 2.20. The lowest BCUT2D eigenvalue weighted by atomic mass is 10.1. The number of hydrogen-bond donors (Lipinski definition) is 3. The van der Waals surface area contributed by atoms with Crippen LogP contribution in [0.3, 0.4) is 0 Å². The maximum Gasteiger partial charge on any atom is 0.272 e. The molecule has 1 aliphatic rings. The van der Waals surface area contributed by atoms with Crippen LogP contribution in [0.2, 0.25) is 0 Å². The Morgan fingerprint density at radius 2 is 2.00 bits per heavy atom. The second kappa shape index (κ2) is 6.67. The van der Waals surface area contributed by atoms with Crippen molar-refractivity contribution in [1.82, 2.24) is 5.01 Å². The van der Waals surface area contributed by atoms with Gasteiger partial charge in [-0.3, -0.25) is 14.6 Å². The lowest BCUT2D eigenvalue weighted by molar-refractivity contribution is -0.114. The number of allylic oxidation sites excluding steroid dienone is 4. The SMILES string of the molecule is COC1=CC(=CN(N)C(=O)c2ccc(O)c(O)c2)C=C(Br)C1=O. The largest absolute Gasteiger partial charge is 0.504 e. The number of rotatable bonds is 3. The summed E-state index contributed by atoms with van der Waals surface area (Å²) >= 11 is 3.11. The molecular formula is C15H13BrN2O5. The molecule has 120 valence electrons. The molecule has 2 rings (SSSR count). The Hall–Kier alpha value is -2.58. The Morgan fingerprint density at radius 1 is 1.30 bits per heavy atom. The molecule has 0 bridgehead atoms. The van der Waals surface area contributed by atoms with Crippen molar-refractivity contribution in [3.8, 4) is 11.5 Å². The van der Waals surface area contributed by atoms with Gasteiger partial charge in [0.05, 0.1) is 11.6 Å². The van der Waals surface area contributed by atoms with Gasteiger partial charge in [0.2, 0.25) is 5.78 Å². The van der Waals surface area contributed by atoms with Crippen LogP contribution in [0, 0.1) is 0 Å². The predicted molar refractivity (Wildman–Crippen MR) is 85.3 cm³/mol. The Balaban J connectivity index is 2.28. The van der Waals surface area contributed by atoms with Gasteiger partial charge in [0.1, 0.15) is 0 Å². The predicted octanol–water partition coefficient (Wildman–Crippen LogP) is 1.69. The minimum absolute atomic E-state index is 0.0884. The first-order valence-corrected chi connectivity index (χ1v) is 7.12. The summed E-state index contributed by atoms with van der Waals surface area (Å²) in [5.41, 5.74) is 0.553. The third-order valence-corrected chi connectivity index (χ3v) is 3.59. The van der Waals surface area contributed by atoms with Crippen LogP contribution in [-0.2, 0) is 9.53 Å². The highest BCUT2D eigenvalue weighted by atomic mass is 79.9. The zero-order chi connectivity index (χ0) is 17.1. The summed E-state index contributed by atoms with van der Waals surface area (Å²) < 4.78 is 5.22. The number of nitrogens with zero attached hydrogens (tertiary/aromatic N) is 1. The van der Waals surface area contributed by atoms with E-state index in [2.05, 4.69) is 15.9 Å². The first kappa shape index (κ1) is 16.8. The number of phenolic OH excluding ortho intramolecular Hbond substituents is 2. The van der Waals surface area contributed by atoms with Crippen molar-refractivity contribution in [2.75, 3.05) is 7.11 Å². The fraction of sp³-hybridized carbons (Fsp3) is 0.0667. The molecule has 23 heavy (non-hydrogen) atoms. The van der Waals surface area contributed by atoms with E-state index in [1.807, 2.05) is 0 Å². The molecule has 0 spiro atoms. The van der Waals surface area contributed by atoms with E-state index in [4.69, 9.17) is 10.6 Å². The second-order valence-electron chi connectivity index (χ2n) is 4.58. The average Bonchev–Trinajstić information content (AvgIpc) is 2.52. The summed E-state index contributed by atoms with van der Waals surface area (Å²) in [6.07, 6.45) is 4.24. The fourth-order valence-electron chi connectivity index (χ4n) is 1.84. The van der Waals surface area contributed by atoms with Gasteiger partial charge in [0, 0.05) is 11.8 Å². The summed E-state index contributed by atoms with van der Waals surface area (Å²) in [7, 11) is 1.36. The molecule has 1 aromatic carbocycles. The van der Waals surface area contributed by atoms with Gasteiger partial charge in [-0.2, -0.15) is 0 Å². The normalized spacial score (nSPS) is 16.0. The third kappa shape index (κ3) is 3.61. The number of amides is 1. The lowest BCUT2D eigenvalue weighted by Crippen LogP contribution is -2.32. The van der Waals surface area contributed by atoms with E-state index in [-0.39, 0.29) is 27.3 Å². The van der Waals surface area contributed by atoms with E-state index in [0.717, 1.165) is 11.1 Å². The standard InChI is InChI=1S/C15H13BrN2O5/c1-23-13-5-8(4-10(16)14(13)21)7-18(17)15(22)9-2-3-11(19)12(20)6-9/h2-7,19-20H,17H2,1H3. The van der Waals surface area contributed by atoms with Crippen molar-refractivity contribution in [1.29, 1.82) is 0 Å². The van der Waals surface area contributed by atoms with Gasteiger partial charge < -0.3 is 14.9 Å². The Bertz CT molecular complexity index is 767. The molecule has 1 amide bonds. The fourth-order valence-corrected chi connectivity index (χ4v) is 2.30. The molecule has 0 fully saturated rings. The molecule has 1 aliphatic carbocycles. The monoisotopic (exact) mass is 380 g/mol. The van der Waals surface area contributed by atoms with Crippen LogP contribution in [0.4, 0.5) is 0 Å². The van der Waals surface area contributed by atoms with E-state index in [1.54, 1.807) is 0 Å². The van der Waals surface area contributed by atoms with Crippen molar-refractivity contribution in [3.63, 3.8) is 0 Å². The van der Waals surface area contributed by atoms with Crippen LogP contribution in [0.5, 0.6) is 11.5 Å². The number of hydrazine groups is 1. The zero-order valence-corrected chi connectivity index (χ0v) is 13.6. The molecule has 1 aromatic rings. The van der Waals surface area contributed by atoms with Crippen LogP contribution < -0.4 is 5.84 Å². The van der Waals surface area contributed by atoms with E-state index in [9.17, 15) is 19.8 Å².